The van der Waals surface area contributed by atoms with E-state index in [1.165, 1.54) is 25.7 Å². The highest BCUT2D eigenvalue weighted by Crippen LogP contribution is 2.19. The number of hydrogen-bond donors (Lipinski definition) is 1. The quantitative estimate of drug-likeness (QED) is 0.537. The summed E-state index contributed by atoms with van der Waals surface area (Å²) in [5.74, 6) is 0.582. The lowest BCUT2D eigenvalue weighted by Gasteiger charge is -2.12. The molecule has 1 aliphatic rings. The fraction of sp³-hybridized carbons (Fsp3) is 0.846. The van der Waals surface area contributed by atoms with Crippen LogP contribution in [0.2, 0.25) is 0 Å². The lowest BCUT2D eigenvalue weighted by Crippen LogP contribution is -2.20. The maximum Gasteiger partial charge on any atom is 0.150 e. The van der Waals surface area contributed by atoms with Crippen molar-refractivity contribution in [3.05, 3.63) is 11.6 Å². The average molecular weight is 259 g/mol. The van der Waals surface area contributed by atoms with Crippen molar-refractivity contribution in [1.29, 1.82) is 0 Å². The van der Waals surface area contributed by atoms with Crippen LogP contribution in [0.3, 0.4) is 0 Å². The van der Waals surface area contributed by atoms with Crippen LogP contribution < -0.4 is 5.32 Å². The van der Waals surface area contributed by atoms with Gasteiger partial charge in [0.1, 0.15) is 9.84 Å². The van der Waals surface area contributed by atoms with Crippen LogP contribution in [-0.4, -0.2) is 33.0 Å². The summed E-state index contributed by atoms with van der Waals surface area (Å²) in [6.07, 6.45) is 9.39. The van der Waals surface area contributed by atoms with Crippen molar-refractivity contribution in [3.63, 3.8) is 0 Å². The topological polar surface area (TPSA) is 46.2 Å². The Balaban J connectivity index is 1.99. The van der Waals surface area contributed by atoms with E-state index in [1.54, 1.807) is 12.5 Å². The van der Waals surface area contributed by atoms with E-state index in [-0.39, 0.29) is 5.75 Å². The van der Waals surface area contributed by atoms with Crippen molar-refractivity contribution >= 4 is 9.84 Å². The Bertz CT molecular complexity index is 333. The van der Waals surface area contributed by atoms with E-state index in [9.17, 15) is 8.42 Å². The molecule has 0 aromatic heterocycles. The first-order valence-corrected chi connectivity index (χ1v) is 8.55. The summed E-state index contributed by atoms with van der Waals surface area (Å²) < 4.78 is 22.5. The van der Waals surface area contributed by atoms with Gasteiger partial charge in [-0.2, -0.15) is 0 Å². The van der Waals surface area contributed by atoms with Crippen LogP contribution in [0.1, 0.15) is 45.4 Å². The zero-order valence-electron chi connectivity index (χ0n) is 10.9. The Morgan fingerprint density at radius 3 is 2.76 bits per heavy atom. The maximum absolute atomic E-state index is 11.2. The van der Waals surface area contributed by atoms with E-state index in [4.69, 9.17) is 0 Å². The molecule has 1 rings (SSSR count). The molecular formula is C13H25NO2S. The van der Waals surface area contributed by atoms with Gasteiger partial charge in [0.15, 0.2) is 0 Å². The smallest absolute Gasteiger partial charge is 0.150 e. The average Bonchev–Trinajstić information content (AvgIpc) is 2.35. The molecule has 0 saturated carbocycles. The minimum atomic E-state index is -2.78. The summed E-state index contributed by atoms with van der Waals surface area (Å²) >= 11 is 0. The molecule has 0 unspecified atom stereocenters. The second-order valence-electron chi connectivity index (χ2n) is 4.70. The van der Waals surface area contributed by atoms with Crippen LogP contribution in [0.5, 0.6) is 0 Å². The first-order valence-electron chi connectivity index (χ1n) is 6.73. The summed E-state index contributed by atoms with van der Waals surface area (Å²) in [6, 6.07) is 0. The Morgan fingerprint density at radius 2 is 2.12 bits per heavy atom. The molecule has 0 saturated heterocycles. The van der Waals surface area contributed by atoms with Crippen molar-refractivity contribution in [1.82, 2.24) is 5.32 Å². The number of nitrogens with one attached hydrogen (secondary N) is 1. The molecule has 0 aliphatic heterocycles. The minimum absolute atomic E-state index is 0.264. The monoisotopic (exact) mass is 259 g/mol. The van der Waals surface area contributed by atoms with Gasteiger partial charge >= 0.3 is 0 Å². The van der Waals surface area contributed by atoms with Gasteiger partial charge in [-0.15, -0.1) is 0 Å². The number of sulfone groups is 1. The number of rotatable bonds is 8. The lowest BCUT2D eigenvalue weighted by atomic mass is 9.97. The lowest BCUT2D eigenvalue weighted by molar-refractivity contribution is 0.588. The summed E-state index contributed by atoms with van der Waals surface area (Å²) in [5, 5.41) is 3.32. The summed E-state index contributed by atoms with van der Waals surface area (Å²) in [5.41, 5.74) is 1.57. The van der Waals surface area contributed by atoms with Crippen molar-refractivity contribution in [2.45, 2.75) is 45.4 Å². The predicted octanol–water partition coefficient (Wildman–Crippen LogP) is 2.29. The summed E-state index contributed by atoms with van der Waals surface area (Å²) in [7, 11) is -2.78. The largest absolute Gasteiger partial charge is 0.316 e. The molecule has 0 atom stereocenters. The molecule has 100 valence electrons. The summed E-state index contributed by atoms with van der Waals surface area (Å²) in [6.45, 7) is 3.50. The van der Waals surface area contributed by atoms with Crippen LogP contribution in [0, 0.1) is 0 Å². The molecule has 1 N–H and O–H groups in total. The standard InChI is InChI=1S/C13H25NO2S/c1-2-17(15,16)12-6-10-14-11-9-13-7-4-3-5-8-13/h7,14H,2-6,8-12H2,1H3. The molecule has 3 nitrogen and oxygen atoms in total. The van der Waals surface area contributed by atoms with Gasteiger partial charge in [-0.1, -0.05) is 18.6 Å². The van der Waals surface area contributed by atoms with Gasteiger partial charge in [-0.05, 0) is 51.6 Å². The van der Waals surface area contributed by atoms with Crippen molar-refractivity contribution in [2.75, 3.05) is 24.6 Å². The third-order valence-corrected chi connectivity index (χ3v) is 5.05. The van der Waals surface area contributed by atoms with Gasteiger partial charge in [-0.25, -0.2) is 8.42 Å². The van der Waals surface area contributed by atoms with E-state index < -0.39 is 9.84 Å². The minimum Gasteiger partial charge on any atom is -0.316 e. The molecule has 0 amide bonds. The molecule has 0 bridgehead atoms. The highest BCUT2D eigenvalue weighted by Gasteiger charge is 2.06. The van der Waals surface area contributed by atoms with Gasteiger partial charge in [-0.3, -0.25) is 0 Å². The Hall–Kier alpha value is -0.350. The molecule has 1 aliphatic carbocycles. The van der Waals surface area contributed by atoms with Crippen molar-refractivity contribution < 1.29 is 8.42 Å². The fourth-order valence-electron chi connectivity index (χ4n) is 2.07. The molecule has 0 fully saturated rings. The van der Waals surface area contributed by atoms with E-state index in [2.05, 4.69) is 11.4 Å². The second-order valence-corrected chi connectivity index (χ2v) is 7.17. The van der Waals surface area contributed by atoms with Crippen molar-refractivity contribution in [3.8, 4) is 0 Å². The van der Waals surface area contributed by atoms with Crippen molar-refractivity contribution in [2.24, 2.45) is 0 Å². The SMILES string of the molecule is CCS(=O)(=O)CCCNCCC1=CCCCC1. The predicted molar refractivity (Wildman–Crippen MR) is 73.0 cm³/mol. The number of hydrogen-bond acceptors (Lipinski definition) is 3. The fourth-order valence-corrected chi connectivity index (χ4v) is 2.94. The van der Waals surface area contributed by atoms with Gasteiger partial charge in [0.05, 0.1) is 5.75 Å². The maximum atomic E-state index is 11.2. The molecule has 0 aromatic rings. The molecule has 0 spiro atoms. The Kier molecular flexibility index (Phi) is 6.82. The highest BCUT2D eigenvalue weighted by atomic mass is 32.2. The van der Waals surface area contributed by atoms with Gasteiger partial charge in [0, 0.05) is 5.75 Å². The van der Waals surface area contributed by atoms with Crippen LogP contribution in [0.15, 0.2) is 11.6 Å². The summed E-state index contributed by atoms with van der Waals surface area (Å²) in [4.78, 5) is 0. The first-order chi connectivity index (χ1) is 8.14. The normalized spacial score (nSPS) is 16.9. The molecule has 0 heterocycles. The van der Waals surface area contributed by atoms with E-state index in [1.807, 2.05) is 0 Å². The Morgan fingerprint density at radius 1 is 1.29 bits per heavy atom. The second kappa shape index (κ2) is 7.88. The van der Waals surface area contributed by atoms with Crippen LogP contribution in [0.25, 0.3) is 0 Å². The van der Waals surface area contributed by atoms with E-state index in [0.29, 0.717) is 5.75 Å². The highest BCUT2D eigenvalue weighted by molar-refractivity contribution is 7.91. The van der Waals surface area contributed by atoms with Gasteiger partial charge in [0.2, 0.25) is 0 Å². The van der Waals surface area contributed by atoms with Crippen LogP contribution in [0.4, 0.5) is 0 Å². The number of allylic oxidation sites excluding steroid dienone is 1. The molecule has 0 aromatic carbocycles. The third kappa shape index (κ3) is 6.84. The Labute approximate surface area is 106 Å². The zero-order valence-corrected chi connectivity index (χ0v) is 11.7. The van der Waals surface area contributed by atoms with E-state index >= 15 is 0 Å². The molecule has 0 radical (unpaired) electrons. The van der Waals surface area contributed by atoms with Crippen LogP contribution >= 0.6 is 0 Å². The zero-order chi connectivity index (χ0) is 12.6. The third-order valence-electron chi connectivity index (χ3n) is 3.26. The molecule has 17 heavy (non-hydrogen) atoms. The van der Waals surface area contributed by atoms with Gasteiger partial charge < -0.3 is 5.32 Å². The van der Waals surface area contributed by atoms with Crippen LogP contribution in [-0.2, 0) is 9.84 Å². The molecule has 4 heteroatoms. The van der Waals surface area contributed by atoms with Gasteiger partial charge in [0.25, 0.3) is 0 Å². The van der Waals surface area contributed by atoms with E-state index in [0.717, 1.165) is 25.9 Å². The molecular weight excluding hydrogens is 234 g/mol. The first kappa shape index (κ1) is 14.7.